The van der Waals surface area contributed by atoms with Gasteiger partial charge in [0.25, 0.3) is 0 Å². The molecule has 14 heteroatoms. The molecule has 5 N–H and O–H groups in total. The first-order valence-corrected chi connectivity index (χ1v) is 37.5. The molecule has 0 unspecified atom stereocenters. The Kier molecular flexibility index (Phi) is 16.9. The van der Waals surface area contributed by atoms with Crippen LogP contribution in [0.3, 0.4) is 0 Å². The van der Waals surface area contributed by atoms with Gasteiger partial charge in [0.1, 0.15) is 18.1 Å². The van der Waals surface area contributed by atoms with Crippen molar-refractivity contribution in [1.82, 2.24) is 54.9 Å². The number of aromatic amines is 4. The van der Waals surface area contributed by atoms with E-state index in [4.69, 9.17) is 24.7 Å². The Morgan fingerprint density at radius 3 is 0.920 bits per heavy atom. The summed E-state index contributed by atoms with van der Waals surface area (Å²) in [4.78, 5) is 49.9. The van der Waals surface area contributed by atoms with E-state index in [1.807, 2.05) is 48.7 Å². The average Bonchev–Trinajstić information content (AvgIpc) is 1.57. The molecule has 16 bridgehead atoms. The number of H-pyrrole nitrogens is 4. The minimum atomic E-state index is -0.990. The Hall–Kier alpha value is -14.6. The van der Waals surface area contributed by atoms with Gasteiger partial charge in [0, 0.05) is 88.6 Å². The molecular weight excluding hydrogens is 1380 g/mol. The molecule has 0 aliphatic carbocycles. The average molecular weight is 1450 g/mol. The molecule has 0 amide bonds. The molecule has 15 aromatic rings. The second kappa shape index (κ2) is 27.9. The highest BCUT2D eigenvalue weighted by molar-refractivity contribution is 6.04. The Labute approximate surface area is 646 Å². The van der Waals surface area contributed by atoms with E-state index in [1.54, 1.807) is 16.8 Å². The van der Waals surface area contributed by atoms with Gasteiger partial charge in [-0.3, -0.25) is 0 Å². The van der Waals surface area contributed by atoms with Gasteiger partial charge < -0.3 is 29.8 Å². The second-order valence-corrected chi connectivity index (χ2v) is 29.0. The third-order valence-electron chi connectivity index (χ3n) is 21.5. The van der Waals surface area contributed by atoms with Crippen molar-refractivity contribution in [3.05, 3.63) is 333 Å². The standard InChI is InChI=1S/C98H73N11O3/c1-56-50-58(3)88(59(4)51-56)96-84-46-42-80(103-84)93(65-22-24-68(25-23-65)98(110)111)81-43-47-85(104-81)97(89-60(5)52-57(2)53-61(89)6)87-49-45-83(106-87)94(82-44-48-86(96)105-82)66-26-30-70(31-27-66)109-54-69(107-108-109)55-112-71-32-28-67(29-33-71)95-78-40-38-76(101-78)91(63-18-12-8-13-19-63)74-36-34-72(99-74)90(62-16-10-7-11-17-62)73-35-37-75(100-73)92(64-20-14-9-15-21-64)77-39-41-79(95)102-77/h7-54,99,102-103,106H,55H2,1-6H3,(H,110,111). The van der Waals surface area contributed by atoms with Gasteiger partial charge in [0.05, 0.1) is 63.0 Å². The quantitative estimate of drug-likeness (QED) is 0.0747. The number of aromatic nitrogens is 11. The number of aryl methyl sites for hydroxylation is 6. The Morgan fingerprint density at radius 1 is 0.330 bits per heavy atom. The summed E-state index contributed by atoms with van der Waals surface area (Å²) < 4.78 is 8.33. The lowest BCUT2D eigenvalue weighted by atomic mass is 9.92. The number of hydrogen-bond donors (Lipinski definition) is 5. The lowest BCUT2D eigenvalue weighted by Gasteiger charge is -2.13. The summed E-state index contributed by atoms with van der Waals surface area (Å²) in [7, 11) is 0. The van der Waals surface area contributed by atoms with Crippen LogP contribution in [0.5, 0.6) is 5.75 Å². The van der Waals surface area contributed by atoms with Crippen LogP contribution >= 0.6 is 0 Å². The summed E-state index contributed by atoms with van der Waals surface area (Å²) in [5, 5.41) is 19.3. The van der Waals surface area contributed by atoms with Gasteiger partial charge in [-0.1, -0.05) is 168 Å². The Balaban J connectivity index is 0.689. The lowest BCUT2D eigenvalue weighted by molar-refractivity contribution is 0.0696. The zero-order valence-corrected chi connectivity index (χ0v) is 62.3. The van der Waals surface area contributed by atoms with E-state index in [9.17, 15) is 9.90 Å². The molecule has 7 aromatic heterocycles. The lowest BCUT2D eigenvalue weighted by Crippen LogP contribution is -1.96. The van der Waals surface area contributed by atoms with Crippen molar-refractivity contribution in [3.8, 4) is 100 Å². The van der Waals surface area contributed by atoms with Gasteiger partial charge in [0.15, 0.2) is 0 Å². The summed E-state index contributed by atoms with van der Waals surface area (Å²) in [6, 6.07) is 81.0. The molecule has 8 aromatic carbocycles. The molecule has 14 nitrogen and oxygen atoms in total. The molecule has 538 valence electrons. The molecule has 0 atom stereocenters. The molecule has 4 aliphatic rings. The molecule has 0 saturated carbocycles. The molecular formula is C98H73N11O3. The molecule has 4 aliphatic heterocycles. The summed E-state index contributed by atoms with van der Waals surface area (Å²) in [5.41, 5.74) is 37.6. The van der Waals surface area contributed by atoms with E-state index in [-0.39, 0.29) is 12.2 Å². The number of carboxylic acids is 1. The number of nitrogens with zero attached hydrogens (tertiary/aromatic N) is 7. The fraction of sp³-hybridized carbons (Fsp3) is 0.0714. The number of ether oxygens (including phenoxy) is 1. The number of rotatable bonds is 13. The second-order valence-electron chi connectivity index (χ2n) is 29.0. The maximum absolute atomic E-state index is 12.2. The third kappa shape index (κ3) is 12.4. The SMILES string of the molecule is Cc1cc(C)c(-c2c3nc(c(-c4ccc(-n5cc(COc6ccc(-c7c8nc(c(-c9ccccc9)c9ccc([nH]9)c(-c9ccccc9)c9nc(c(-c%10ccccc%10)c%10ccc7[nH]%10)C=C9)C=C8)cc6)nn5)cc4)c4ccc([nH]4)c(-c4c(C)cc(C)cc4C)c4nc(c(-c5ccc(C(=O)O)cc5)c5ccc2[nH]5)C=C4)C=C3)c(C)c1. The third-order valence-corrected chi connectivity index (χ3v) is 21.5. The highest BCUT2D eigenvalue weighted by atomic mass is 16.5. The van der Waals surface area contributed by atoms with Crippen molar-refractivity contribution >= 4 is 98.7 Å². The first kappa shape index (κ1) is 67.9. The molecule has 0 radical (unpaired) electrons. The number of benzene rings is 8. The van der Waals surface area contributed by atoms with Crippen LogP contribution in [0.15, 0.2) is 243 Å². The fourth-order valence-corrected chi connectivity index (χ4v) is 16.6. The van der Waals surface area contributed by atoms with Gasteiger partial charge >= 0.3 is 5.97 Å². The summed E-state index contributed by atoms with van der Waals surface area (Å²) in [6.45, 7) is 13.1. The molecule has 11 heterocycles. The fourth-order valence-electron chi connectivity index (χ4n) is 16.6. The number of fused-ring (bicyclic) bond motifs is 16. The van der Waals surface area contributed by atoms with Crippen molar-refractivity contribution < 1.29 is 14.6 Å². The number of carbonyl (C=O) groups is 1. The van der Waals surface area contributed by atoms with Gasteiger partial charge in [-0.15, -0.1) is 5.10 Å². The highest BCUT2D eigenvalue weighted by Crippen LogP contribution is 2.44. The minimum absolute atomic E-state index is 0.174. The zero-order valence-electron chi connectivity index (χ0n) is 62.3. The van der Waals surface area contributed by atoms with Crippen LogP contribution in [0.2, 0.25) is 0 Å². The van der Waals surface area contributed by atoms with E-state index in [1.165, 1.54) is 11.1 Å². The Bertz CT molecular complexity index is 6730. The van der Waals surface area contributed by atoms with Gasteiger partial charge in [-0.2, -0.15) is 0 Å². The maximum atomic E-state index is 12.2. The monoisotopic (exact) mass is 1450 g/mol. The molecule has 0 spiro atoms. The smallest absolute Gasteiger partial charge is 0.335 e. The number of hydrogen-bond acceptors (Lipinski definition) is 8. The Morgan fingerprint density at radius 2 is 0.607 bits per heavy atom. The van der Waals surface area contributed by atoms with Crippen molar-refractivity contribution in [2.24, 2.45) is 0 Å². The molecule has 19 rings (SSSR count). The normalized spacial score (nSPS) is 12.2. The number of aromatic carboxylic acids is 1. The van der Waals surface area contributed by atoms with Crippen molar-refractivity contribution in [2.45, 2.75) is 48.1 Å². The van der Waals surface area contributed by atoms with Crippen LogP contribution in [0, 0.1) is 41.5 Å². The van der Waals surface area contributed by atoms with Crippen LogP contribution in [-0.4, -0.2) is 65.9 Å². The van der Waals surface area contributed by atoms with E-state index in [0.717, 1.165) is 207 Å². The first-order valence-electron chi connectivity index (χ1n) is 37.5. The highest BCUT2D eigenvalue weighted by Gasteiger charge is 2.25. The topological polar surface area (TPSA) is 192 Å². The summed E-state index contributed by atoms with van der Waals surface area (Å²) in [5.74, 6) is -0.323. The van der Waals surface area contributed by atoms with Crippen LogP contribution in [0.1, 0.15) is 95.0 Å². The summed E-state index contributed by atoms with van der Waals surface area (Å²) >= 11 is 0. The minimum Gasteiger partial charge on any atom is -0.487 e. The van der Waals surface area contributed by atoms with Crippen molar-refractivity contribution in [3.63, 3.8) is 0 Å². The zero-order chi connectivity index (χ0) is 75.8. The predicted octanol–water partition coefficient (Wildman–Crippen LogP) is 23.7. The van der Waals surface area contributed by atoms with Crippen LogP contribution in [0.25, 0.3) is 187 Å². The van der Waals surface area contributed by atoms with E-state index < -0.39 is 5.97 Å². The first-order chi connectivity index (χ1) is 54.7. The predicted molar refractivity (Wildman–Crippen MR) is 456 cm³/mol. The molecule has 0 fully saturated rings. The van der Waals surface area contributed by atoms with Gasteiger partial charge in [-0.05, 0) is 242 Å². The number of nitrogens with one attached hydrogen (secondary N) is 4. The van der Waals surface area contributed by atoms with E-state index in [0.29, 0.717) is 11.4 Å². The van der Waals surface area contributed by atoms with E-state index in [2.05, 4.69) is 302 Å². The summed E-state index contributed by atoms with van der Waals surface area (Å²) in [6.07, 6.45) is 18.8. The van der Waals surface area contributed by atoms with Crippen LogP contribution < -0.4 is 4.74 Å². The van der Waals surface area contributed by atoms with Crippen molar-refractivity contribution in [2.75, 3.05) is 0 Å². The van der Waals surface area contributed by atoms with E-state index >= 15 is 0 Å². The van der Waals surface area contributed by atoms with Gasteiger partial charge in [-0.25, -0.2) is 29.4 Å². The van der Waals surface area contributed by atoms with Gasteiger partial charge in [0.2, 0.25) is 0 Å². The van der Waals surface area contributed by atoms with Crippen molar-refractivity contribution in [1.29, 1.82) is 0 Å². The molecule has 0 saturated heterocycles. The number of carboxylic acid groups (broad SMARTS) is 1. The maximum Gasteiger partial charge on any atom is 0.335 e. The largest absolute Gasteiger partial charge is 0.487 e. The van der Waals surface area contributed by atoms with Crippen LogP contribution in [-0.2, 0) is 6.61 Å². The molecule has 112 heavy (non-hydrogen) atoms. The van der Waals surface area contributed by atoms with Crippen LogP contribution in [0.4, 0.5) is 0 Å².